The zero-order valence-electron chi connectivity index (χ0n) is 11.8. The van der Waals surface area contributed by atoms with Gasteiger partial charge in [0.2, 0.25) is 0 Å². The van der Waals surface area contributed by atoms with Gasteiger partial charge in [0.1, 0.15) is 5.82 Å². The summed E-state index contributed by atoms with van der Waals surface area (Å²) >= 11 is 0. The van der Waals surface area contributed by atoms with Gasteiger partial charge in [0.25, 0.3) is 0 Å². The summed E-state index contributed by atoms with van der Waals surface area (Å²) in [5, 5.41) is 3.39. The summed E-state index contributed by atoms with van der Waals surface area (Å²) in [6.07, 6.45) is 1.18. The predicted octanol–water partition coefficient (Wildman–Crippen LogP) is 3.33. The normalized spacial score (nSPS) is 16.9. The van der Waals surface area contributed by atoms with Gasteiger partial charge in [-0.1, -0.05) is 39.0 Å². The van der Waals surface area contributed by atoms with E-state index in [-0.39, 0.29) is 5.82 Å². The molecule has 0 bridgehead atoms. The van der Waals surface area contributed by atoms with Gasteiger partial charge in [-0.05, 0) is 23.6 Å². The monoisotopic (exact) mass is 262 g/mol. The third kappa shape index (κ3) is 3.49. The van der Waals surface area contributed by atoms with Gasteiger partial charge in [-0.2, -0.15) is 0 Å². The first-order valence-corrected chi connectivity index (χ1v) is 7.03. The van der Waals surface area contributed by atoms with E-state index in [1.54, 1.807) is 0 Å². The minimum atomic E-state index is -0.167. The number of halogens is 1. The molecule has 19 heavy (non-hydrogen) atoms. The zero-order chi connectivity index (χ0) is 13.8. The molecule has 1 saturated heterocycles. The van der Waals surface area contributed by atoms with Gasteiger partial charge >= 0.3 is 0 Å². The molecule has 1 fully saturated rings. The van der Waals surface area contributed by atoms with Crippen molar-refractivity contribution in [1.82, 2.24) is 10.2 Å². The Balaban J connectivity index is 1.76. The lowest BCUT2D eigenvalue weighted by Crippen LogP contribution is -2.47. The van der Waals surface area contributed by atoms with Gasteiger partial charge in [0.15, 0.2) is 0 Å². The average Bonchev–Trinajstić information content (AvgIpc) is 2.36. The van der Waals surface area contributed by atoms with E-state index in [1.807, 2.05) is 12.1 Å². The lowest BCUT2D eigenvalue weighted by atomic mass is 9.91. The zero-order valence-corrected chi connectivity index (χ0v) is 11.8. The van der Waals surface area contributed by atoms with E-state index in [0.29, 0.717) is 11.8 Å². The highest BCUT2D eigenvalue weighted by atomic mass is 19.1. The van der Waals surface area contributed by atoms with Crippen LogP contribution in [0.2, 0.25) is 0 Å². The van der Waals surface area contributed by atoms with Crippen LogP contribution in [0.5, 0.6) is 0 Å². The van der Waals surface area contributed by atoms with Crippen molar-refractivity contribution < 1.29 is 4.39 Å². The van der Waals surface area contributed by atoms with E-state index < -0.39 is 0 Å². The lowest BCUT2D eigenvalue weighted by Gasteiger charge is -2.42. The fourth-order valence-electron chi connectivity index (χ4n) is 2.19. The summed E-state index contributed by atoms with van der Waals surface area (Å²) in [7, 11) is 0. The van der Waals surface area contributed by atoms with Gasteiger partial charge in [-0.3, -0.25) is 0 Å². The second-order valence-corrected chi connectivity index (χ2v) is 5.49. The number of nitrogens with zero attached hydrogens (tertiary/aromatic N) is 1. The number of hydrogen-bond donors (Lipinski definition) is 1. The molecule has 0 spiro atoms. The fourth-order valence-corrected chi connectivity index (χ4v) is 2.19. The number of nitrogens with one attached hydrogen (secondary N) is 1. The highest BCUT2D eigenvalue weighted by Crippen LogP contribution is 2.28. The Morgan fingerprint density at radius 1 is 1.42 bits per heavy atom. The van der Waals surface area contributed by atoms with Crippen molar-refractivity contribution in [2.75, 3.05) is 19.6 Å². The molecule has 1 aromatic carbocycles. The molecule has 2 nitrogen and oxygen atoms in total. The summed E-state index contributed by atoms with van der Waals surface area (Å²) in [5.41, 5.74) is 1.22. The number of benzene rings is 1. The maximum Gasteiger partial charge on any atom is 0.123 e. The third-order valence-electron chi connectivity index (χ3n) is 3.96. The van der Waals surface area contributed by atoms with Crippen LogP contribution in [0.25, 0.3) is 0 Å². The van der Waals surface area contributed by atoms with Crippen LogP contribution in [0.4, 0.5) is 4.39 Å². The number of likely N-dealkylation sites (tertiary alicyclic amines) is 1. The predicted molar refractivity (Wildman–Crippen MR) is 77.3 cm³/mol. The molecule has 1 N–H and O–H groups in total. The summed E-state index contributed by atoms with van der Waals surface area (Å²) < 4.78 is 12.9. The molecular formula is C16H23FN2. The summed E-state index contributed by atoms with van der Waals surface area (Å²) in [6.45, 7) is 11.4. The van der Waals surface area contributed by atoms with Crippen molar-refractivity contribution >= 4 is 0 Å². The van der Waals surface area contributed by atoms with E-state index in [4.69, 9.17) is 0 Å². The molecule has 0 aromatic heterocycles. The maximum absolute atomic E-state index is 12.9. The molecule has 1 unspecified atom stereocenters. The maximum atomic E-state index is 12.9. The van der Waals surface area contributed by atoms with Crippen LogP contribution in [-0.4, -0.2) is 24.5 Å². The molecule has 0 amide bonds. The van der Waals surface area contributed by atoms with Crippen LogP contribution in [0.3, 0.4) is 0 Å². The van der Waals surface area contributed by atoms with Crippen LogP contribution in [0.15, 0.2) is 36.7 Å². The third-order valence-corrected chi connectivity index (χ3v) is 3.96. The average molecular weight is 262 g/mol. The van der Waals surface area contributed by atoms with Crippen molar-refractivity contribution in [3.8, 4) is 0 Å². The Hall–Kier alpha value is -1.51. The molecule has 0 aliphatic carbocycles. The minimum Gasteiger partial charge on any atom is -0.372 e. The topological polar surface area (TPSA) is 15.3 Å². The Kier molecular flexibility index (Phi) is 4.46. The smallest absolute Gasteiger partial charge is 0.123 e. The molecular weight excluding hydrogens is 239 g/mol. The molecule has 1 atom stereocenters. The molecule has 3 heteroatoms. The van der Waals surface area contributed by atoms with Crippen molar-refractivity contribution in [2.45, 2.75) is 26.2 Å². The standard InChI is InChI=1S/C16H23FN2/c1-4-12(2)9-18-13(3)19-10-15(11-19)14-5-7-16(17)8-6-14/h5-8,12,15,18H,3-4,9-11H2,1-2H3. The summed E-state index contributed by atoms with van der Waals surface area (Å²) in [4.78, 5) is 2.25. The van der Waals surface area contributed by atoms with Crippen LogP contribution in [0.1, 0.15) is 31.7 Å². The van der Waals surface area contributed by atoms with Gasteiger partial charge in [0.05, 0.1) is 5.82 Å². The van der Waals surface area contributed by atoms with E-state index >= 15 is 0 Å². The molecule has 1 aliphatic heterocycles. The van der Waals surface area contributed by atoms with Gasteiger partial charge < -0.3 is 10.2 Å². The molecule has 1 aromatic rings. The van der Waals surface area contributed by atoms with Gasteiger partial charge in [0, 0.05) is 25.6 Å². The van der Waals surface area contributed by atoms with Crippen LogP contribution < -0.4 is 5.32 Å². The second kappa shape index (κ2) is 6.09. The van der Waals surface area contributed by atoms with Crippen molar-refractivity contribution in [3.63, 3.8) is 0 Å². The lowest BCUT2D eigenvalue weighted by molar-refractivity contribution is 0.184. The highest BCUT2D eigenvalue weighted by Gasteiger charge is 2.28. The Morgan fingerprint density at radius 3 is 2.63 bits per heavy atom. The quantitative estimate of drug-likeness (QED) is 0.846. The largest absolute Gasteiger partial charge is 0.372 e. The second-order valence-electron chi connectivity index (χ2n) is 5.49. The molecule has 1 heterocycles. The Bertz CT molecular complexity index is 421. The first-order valence-electron chi connectivity index (χ1n) is 7.03. The number of rotatable bonds is 6. The van der Waals surface area contributed by atoms with Crippen LogP contribution >= 0.6 is 0 Å². The van der Waals surface area contributed by atoms with Crippen molar-refractivity contribution in [1.29, 1.82) is 0 Å². The Morgan fingerprint density at radius 2 is 2.05 bits per heavy atom. The summed E-state index contributed by atoms with van der Waals surface area (Å²) in [6, 6.07) is 6.83. The van der Waals surface area contributed by atoms with Crippen LogP contribution in [0, 0.1) is 11.7 Å². The molecule has 0 saturated carbocycles. The Labute approximate surface area is 115 Å². The first kappa shape index (κ1) is 13.9. The van der Waals surface area contributed by atoms with Gasteiger partial charge in [-0.15, -0.1) is 0 Å². The van der Waals surface area contributed by atoms with Gasteiger partial charge in [-0.25, -0.2) is 4.39 Å². The van der Waals surface area contributed by atoms with E-state index in [1.165, 1.54) is 24.1 Å². The highest BCUT2D eigenvalue weighted by molar-refractivity contribution is 5.24. The number of hydrogen-bond acceptors (Lipinski definition) is 2. The fraction of sp³-hybridized carbons (Fsp3) is 0.500. The minimum absolute atomic E-state index is 0.167. The van der Waals surface area contributed by atoms with E-state index in [2.05, 4.69) is 30.6 Å². The van der Waals surface area contributed by atoms with E-state index in [0.717, 1.165) is 25.5 Å². The van der Waals surface area contributed by atoms with E-state index in [9.17, 15) is 4.39 Å². The first-order chi connectivity index (χ1) is 9.10. The van der Waals surface area contributed by atoms with Crippen molar-refractivity contribution in [3.05, 3.63) is 48.0 Å². The van der Waals surface area contributed by atoms with Crippen LogP contribution in [-0.2, 0) is 0 Å². The molecule has 0 radical (unpaired) electrons. The van der Waals surface area contributed by atoms with Crippen molar-refractivity contribution in [2.24, 2.45) is 5.92 Å². The molecule has 1 aliphatic rings. The molecule has 2 rings (SSSR count). The summed E-state index contributed by atoms with van der Waals surface area (Å²) in [5.74, 6) is 2.02. The molecule has 104 valence electrons. The SMILES string of the molecule is C=C(NCC(C)CC)N1CC(c2ccc(F)cc2)C1.